The Morgan fingerprint density at radius 3 is 2.24 bits per heavy atom. The maximum absolute atomic E-state index is 13.4. The molecule has 0 spiro atoms. The number of likely N-dealkylation sites (tertiary alicyclic amines) is 1. The zero-order chi connectivity index (χ0) is 23.6. The van der Waals surface area contributed by atoms with Crippen LogP contribution in [-0.4, -0.2) is 82.9 Å². The highest BCUT2D eigenvalue weighted by molar-refractivity contribution is 5.93. The van der Waals surface area contributed by atoms with Gasteiger partial charge in [0.2, 0.25) is 5.91 Å². The average molecular weight is 494 g/mol. The molecule has 0 unspecified atom stereocenters. The molecule has 1 aromatic carbocycles. The third-order valence-corrected chi connectivity index (χ3v) is 6.58. The lowest BCUT2D eigenvalue weighted by Crippen LogP contribution is -2.56. The molecule has 2 aromatic rings. The van der Waals surface area contributed by atoms with Crippen molar-refractivity contribution in [3.63, 3.8) is 0 Å². The molecule has 2 saturated heterocycles. The van der Waals surface area contributed by atoms with Gasteiger partial charge in [-0.2, -0.15) is 0 Å². The first kappa shape index (κ1) is 26.2. The monoisotopic (exact) mass is 493 g/mol. The number of nitrogens with one attached hydrogen (secondary N) is 1. The van der Waals surface area contributed by atoms with Gasteiger partial charge in [0.25, 0.3) is 0 Å². The molecule has 188 valence electrons. The normalized spacial score (nSPS) is 18.0. The number of hydrogen-bond acceptors (Lipinski definition) is 5. The largest absolute Gasteiger partial charge is 0.379 e. The molecule has 1 atom stereocenters. The number of nitrogens with zero attached hydrogens (tertiary/aromatic N) is 4. The fourth-order valence-electron chi connectivity index (χ4n) is 4.64. The highest BCUT2D eigenvalue weighted by atomic mass is 35.5. The summed E-state index contributed by atoms with van der Waals surface area (Å²) in [7, 11) is 0. The first-order chi connectivity index (χ1) is 15.8. The van der Waals surface area contributed by atoms with Gasteiger partial charge in [0.05, 0.1) is 24.2 Å². The number of benzene rings is 1. The minimum atomic E-state index is -0.717. The lowest BCUT2D eigenvalue weighted by molar-refractivity contribution is -0.134. The molecule has 2 fully saturated rings. The Labute approximate surface area is 206 Å². The Kier molecular flexibility index (Phi) is 8.43. The van der Waals surface area contributed by atoms with E-state index in [0.717, 1.165) is 25.9 Å². The van der Waals surface area contributed by atoms with Crippen LogP contribution in [0.15, 0.2) is 29.1 Å². The molecule has 0 bridgehead atoms. The van der Waals surface area contributed by atoms with Gasteiger partial charge in [0, 0.05) is 39.3 Å². The Balaban J connectivity index is 0.00000324. The van der Waals surface area contributed by atoms with Crippen LogP contribution in [0.1, 0.15) is 33.6 Å². The third-order valence-electron chi connectivity index (χ3n) is 6.58. The van der Waals surface area contributed by atoms with Crippen molar-refractivity contribution in [2.45, 2.75) is 46.2 Å². The van der Waals surface area contributed by atoms with Crippen LogP contribution in [0.2, 0.25) is 0 Å². The smallest absolute Gasteiger partial charge is 0.337 e. The minimum absolute atomic E-state index is 0. The molecule has 3 heterocycles. The van der Waals surface area contributed by atoms with Crippen LogP contribution in [0, 0.1) is 5.41 Å². The van der Waals surface area contributed by atoms with Crippen molar-refractivity contribution in [2.24, 2.45) is 5.41 Å². The maximum atomic E-state index is 13.4. The summed E-state index contributed by atoms with van der Waals surface area (Å²) < 4.78 is 8.23. The summed E-state index contributed by atoms with van der Waals surface area (Å²) in [5.41, 5.74) is 0.378. The van der Waals surface area contributed by atoms with Crippen LogP contribution in [0.4, 0.5) is 4.79 Å². The second-order valence-corrected chi connectivity index (χ2v) is 9.99. The van der Waals surface area contributed by atoms with E-state index in [9.17, 15) is 14.4 Å². The van der Waals surface area contributed by atoms with E-state index in [1.165, 1.54) is 4.57 Å². The van der Waals surface area contributed by atoms with Gasteiger partial charge in [-0.25, -0.2) is 14.2 Å². The van der Waals surface area contributed by atoms with E-state index < -0.39 is 17.5 Å². The number of para-hydroxylation sites is 2. The molecule has 0 aliphatic carbocycles. The van der Waals surface area contributed by atoms with Crippen LogP contribution in [0.25, 0.3) is 11.0 Å². The molecule has 9 nitrogen and oxygen atoms in total. The van der Waals surface area contributed by atoms with Gasteiger partial charge in [-0.3, -0.25) is 14.3 Å². The lowest BCUT2D eigenvalue weighted by atomic mass is 9.86. The van der Waals surface area contributed by atoms with Gasteiger partial charge in [0.1, 0.15) is 6.04 Å². The van der Waals surface area contributed by atoms with Gasteiger partial charge in [-0.15, -0.1) is 12.4 Å². The van der Waals surface area contributed by atoms with Crippen LogP contribution < -0.4 is 11.0 Å². The Morgan fingerprint density at radius 1 is 1.00 bits per heavy atom. The summed E-state index contributed by atoms with van der Waals surface area (Å²) >= 11 is 0. The molecular formula is C24H36ClN5O4. The number of rotatable bonds is 5. The fraction of sp³-hybridized carbons (Fsp3) is 0.625. The number of carbonyl (C=O) groups excluding carboxylic acids is 2. The highest BCUT2D eigenvalue weighted by Gasteiger charge is 2.37. The summed E-state index contributed by atoms with van der Waals surface area (Å²) in [6, 6.07) is 6.03. The zero-order valence-electron chi connectivity index (χ0n) is 20.3. The number of ether oxygens (including phenoxy) is 1. The fourth-order valence-corrected chi connectivity index (χ4v) is 4.64. The summed E-state index contributed by atoms with van der Waals surface area (Å²) in [4.78, 5) is 44.1. The number of amides is 2. The van der Waals surface area contributed by atoms with Gasteiger partial charge in [-0.1, -0.05) is 32.9 Å². The predicted molar refractivity (Wildman–Crippen MR) is 134 cm³/mol. The van der Waals surface area contributed by atoms with Crippen molar-refractivity contribution < 1.29 is 14.3 Å². The van der Waals surface area contributed by atoms with Crippen molar-refractivity contribution in [1.82, 2.24) is 24.3 Å². The van der Waals surface area contributed by atoms with E-state index in [1.54, 1.807) is 10.6 Å². The van der Waals surface area contributed by atoms with E-state index in [2.05, 4.69) is 10.2 Å². The summed E-state index contributed by atoms with van der Waals surface area (Å²) in [5, 5.41) is 2.89. The first-order valence-corrected chi connectivity index (χ1v) is 11.9. The van der Waals surface area contributed by atoms with E-state index in [4.69, 9.17) is 4.74 Å². The molecule has 0 saturated carbocycles. The van der Waals surface area contributed by atoms with Crippen molar-refractivity contribution in [3.05, 3.63) is 34.7 Å². The number of imidazole rings is 1. The molecule has 34 heavy (non-hydrogen) atoms. The van der Waals surface area contributed by atoms with Crippen LogP contribution >= 0.6 is 12.4 Å². The maximum Gasteiger partial charge on any atom is 0.337 e. The topological polar surface area (TPSA) is 88.8 Å². The van der Waals surface area contributed by atoms with Crippen LogP contribution in [0.3, 0.4) is 0 Å². The molecular weight excluding hydrogens is 458 g/mol. The Morgan fingerprint density at radius 2 is 1.62 bits per heavy atom. The summed E-state index contributed by atoms with van der Waals surface area (Å²) in [6.45, 7) is 11.5. The van der Waals surface area contributed by atoms with Crippen molar-refractivity contribution in [3.8, 4) is 0 Å². The van der Waals surface area contributed by atoms with Crippen LogP contribution in [-0.2, 0) is 16.1 Å². The van der Waals surface area contributed by atoms with Crippen molar-refractivity contribution in [1.29, 1.82) is 0 Å². The average Bonchev–Trinajstić information content (AvgIpc) is 3.42. The zero-order valence-corrected chi connectivity index (χ0v) is 21.1. The SMILES string of the molecule is CC(C)(C)[C@H](NC(=O)n1c(=O)n(CCN2CCOCC2)c2ccccc21)C(=O)N1CCCC1.Cl. The number of halogens is 1. The number of carbonyl (C=O) groups is 2. The third kappa shape index (κ3) is 5.47. The molecule has 2 aliphatic heterocycles. The first-order valence-electron chi connectivity index (χ1n) is 11.9. The summed E-state index contributed by atoms with van der Waals surface area (Å²) in [5.74, 6) is -0.0857. The second-order valence-electron chi connectivity index (χ2n) is 9.99. The van der Waals surface area contributed by atoms with Gasteiger partial charge < -0.3 is 15.0 Å². The van der Waals surface area contributed by atoms with Gasteiger partial charge in [0.15, 0.2) is 0 Å². The summed E-state index contributed by atoms with van der Waals surface area (Å²) in [6.07, 6.45) is 1.96. The number of morpholine rings is 1. The minimum Gasteiger partial charge on any atom is -0.379 e. The lowest BCUT2D eigenvalue weighted by Gasteiger charge is -2.33. The van der Waals surface area contributed by atoms with E-state index in [0.29, 0.717) is 50.4 Å². The molecule has 2 amide bonds. The molecule has 0 radical (unpaired) electrons. The van der Waals surface area contributed by atoms with E-state index >= 15 is 0 Å². The highest BCUT2D eigenvalue weighted by Crippen LogP contribution is 2.23. The van der Waals surface area contributed by atoms with E-state index in [1.807, 2.05) is 43.9 Å². The standard InChI is InChI=1S/C24H35N5O4.ClH/c1-24(2,3)20(21(30)27-10-6-7-11-27)25-22(31)29-19-9-5-4-8-18(19)28(23(29)32)13-12-26-14-16-33-17-15-26;/h4-5,8-9,20H,6-7,10-17H2,1-3H3,(H,25,31);1H/t20-;/m1./s1. The number of fused-ring (bicyclic) bond motifs is 1. The predicted octanol–water partition coefficient (Wildman–Crippen LogP) is 2.15. The molecule has 1 aromatic heterocycles. The van der Waals surface area contributed by atoms with Gasteiger partial charge in [-0.05, 0) is 30.4 Å². The quantitative estimate of drug-likeness (QED) is 0.689. The number of hydrogen-bond donors (Lipinski definition) is 1. The van der Waals surface area contributed by atoms with Crippen molar-refractivity contribution in [2.75, 3.05) is 45.9 Å². The Hall–Kier alpha value is -2.36. The number of aromatic nitrogens is 2. The molecule has 2 aliphatic rings. The van der Waals surface area contributed by atoms with E-state index in [-0.39, 0.29) is 24.0 Å². The molecule has 1 N–H and O–H groups in total. The second kappa shape index (κ2) is 10.9. The van der Waals surface area contributed by atoms with Crippen molar-refractivity contribution >= 4 is 35.4 Å². The molecule has 10 heteroatoms. The Bertz CT molecular complexity index is 1060. The van der Waals surface area contributed by atoms with Crippen LogP contribution in [0.5, 0.6) is 0 Å². The molecule has 4 rings (SSSR count). The van der Waals surface area contributed by atoms with Gasteiger partial charge >= 0.3 is 11.7 Å².